The SMILES string of the molecule is C#CC[N+](CC)(CC)C(I)CCC.[Cl-]. The van der Waals surface area contributed by atoms with E-state index in [0.717, 1.165) is 24.1 Å². The lowest BCUT2D eigenvalue weighted by Gasteiger charge is -2.39. The molecule has 0 rings (SSSR count). The molecule has 0 heterocycles. The van der Waals surface area contributed by atoms with Crippen LogP contribution in [0.25, 0.3) is 0 Å². The first-order valence-corrected chi connectivity index (χ1v) is 6.34. The van der Waals surface area contributed by atoms with E-state index in [1.165, 1.54) is 12.8 Å². The van der Waals surface area contributed by atoms with Gasteiger partial charge in [0.1, 0.15) is 10.6 Å². The molecule has 0 aromatic carbocycles. The summed E-state index contributed by atoms with van der Waals surface area (Å²) >= 11 is 2.56. The van der Waals surface area contributed by atoms with Crippen molar-refractivity contribution in [3.05, 3.63) is 0 Å². The van der Waals surface area contributed by atoms with Crippen molar-refractivity contribution in [1.29, 1.82) is 0 Å². The molecule has 14 heavy (non-hydrogen) atoms. The van der Waals surface area contributed by atoms with E-state index in [2.05, 4.69) is 49.3 Å². The van der Waals surface area contributed by atoms with Crippen LogP contribution in [0.4, 0.5) is 0 Å². The molecule has 0 saturated heterocycles. The molecule has 0 aliphatic carbocycles. The van der Waals surface area contributed by atoms with Crippen molar-refractivity contribution in [2.45, 2.75) is 37.7 Å². The highest BCUT2D eigenvalue weighted by atomic mass is 127. The van der Waals surface area contributed by atoms with Crippen LogP contribution in [0.5, 0.6) is 0 Å². The largest absolute Gasteiger partial charge is 1.00 e. The molecule has 0 radical (unpaired) electrons. The van der Waals surface area contributed by atoms with Gasteiger partial charge in [-0.2, -0.15) is 0 Å². The van der Waals surface area contributed by atoms with Gasteiger partial charge in [-0.05, 0) is 48.8 Å². The van der Waals surface area contributed by atoms with Gasteiger partial charge in [-0.3, -0.25) is 0 Å². The first-order valence-electron chi connectivity index (χ1n) is 5.10. The average molecular weight is 330 g/mol. The minimum atomic E-state index is 0. The number of hydrogen-bond donors (Lipinski definition) is 0. The molecule has 0 aromatic rings. The second-order valence-electron chi connectivity index (χ2n) is 3.44. The lowest BCUT2D eigenvalue weighted by Crippen LogP contribution is -3.00. The molecule has 0 spiro atoms. The molecule has 0 fully saturated rings. The Balaban J connectivity index is 0. The summed E-state index contributed by atoms with van der Waals surface area (Å²) in [4.78, 5) is 0. The Morgan fingerprint density at radius 1 is 1.29 bits per heavy atom. The minimum absolute atomic E-state index is 0. The van der Waals surface area contributed by atoms with E-state index >= 15 is 0 Å². The third-order valence-electron chi connectivity index (χ3n) is 2.79. The van der Waals surface area contributed by atoms with E-state index in [4.69, 9.17) is 6.42 Å². The quantitative estimate of drug-likeness (QED) is 0.212. The summed E-state index contributed by atoms with van der Waals surface area (Å²) in [6, 6.07) is 0. The van der Waals surface area contributed by atoms with Gasteiger partial charge in [0.15, 0.2) is 0 Å². The molecule has 0 aliphatic heterocycles. The zero-order valence-electron chi connectivity index (χ0n) is 9.39. The summed E-state index contributed by atoms with van der Waals surface area (Å²) < 4.78 is 1.75. The van der Waals surface area contributed by atoms with Gasteiger partial charge in [0.05, 0.1) is 13.1 Å². The second-order valence-corrected chi connectivity index (χ2v) is 4.87. The molecule has 3 heteroatoms. The monoisotopic (exact) mass is 329 g/mol. The van der Waals surface area contributed by atoms with Crippen molar-refractivity contribution in [3.63, 3.8) is 0 Å². The third-order valence-corrected chi connectivity index (χ3v) is 4.59. The zero-order chi connectivity index (χ0) is 10.3. The van der Waals surface area contributed by atoms with Crippen LogP contribution >= 0.6 is 22.6 Å². The van der Waals surface area contributed by atoms with Crippen LogP contribution in [-0.4, -0.2) is 28.2 Å². The van der Waals surface area contributed by atoms with Gasteiger partial charge in [-0.15, -0.1) is 6.42 Å². The van der Waals surface area contributed by atoms with Gasteiger partial charge in [-0.1, -0.05) is 6.92 Å². The normalized spacial score (nSPS) is 12.8. The first-order chi connectivity index (χ1) is 6.16. The highest BCUT2D eigenvalue weighted by molar-refractivity contribution is 14.1. The molecule has 0 saturated carbocycles. The molecule has 1 unspecified atom stereocenters. The maximum Gasteiger partial charge on any atom is 0.141 e. The van der Waals surface area contributed by atoms with Crippen LogP contribution < -0.4 is 12.4 Å². The van der Waals surface area contributed by atoms with Crippen LogP contribution in [0.3, 0.4) is 0 Å². The Bertz CT molecular complexity index is 173. The highest BCUT2D eigenvalue weighted by Gasteiger charge is 2.29. The summed E-state index contributed by atoms with van der Waals surface area (Å²) in [5, 5.41) is 0. The van der Waals surface area contributed by atoms with Crippen LogP contribution in [0.1, 0.15) is 33.6 Å². The lowest BCUT2D eigenvalue weighted by atomic mass is 10.2. The fourth-order valence-corrected chi connectivity index (χ4v) is 3.24. The average Bonchev–Trinajstić information content (AvgIpc) is 2.14. The van der Waals surface area contributed by atoms with E-state index in [1.54, 1.807) is 0 Å². The summed E-state index contributed by atoms with van der Waals surface area (Å²) in [6.45, 7) is 9.88. The number of alkyl halides is 1. The van der Waals surface area contributed by atoms with Crippen molar-refractivity contribution in [3.8, 4) is 12.3 Å². The number of rotatable bonds is 6. The van der Waals surface area contributed by atoms with Gasteiger partial charge in [0.2, 0.25) is 0 Å². The van der Waals surface area contributed by atoms with Crippen LogP contribution in [0, 0.1) is 12.3 Å². The summed E-state index contributed by atoms with van der Waals surface area (Å²) in [7, 11) is 0. The number of halogens is 2. The minimum Gasteiger partial charge on any atom is -1.00 e. The van der Waals surface area contributed by atoms with Crippen molar-refractivity contribution >= 4 is 22.6 Å². The zero-order valence-corrected chi connectivity index (χ0v) is 12.3. The number of hydrogen-bond acceptors (Lipinski definition) is 0. The number of terminal acetylenes is 1. The predicted octanol–water partition coefficient (Wildman–Crippen LogP) is 0.0414. The van der Waals surface area contributed by atoms with Crippen molar-refractivity contribution in [1.82, 2.24) is 0 Å². The lowest BCUT2D eigenvalue weighted by molar-refractivity contribution is -0.924. The van der Waals surface area contributed by atoms with E-state index in [1.807, 2.05) is 0 Å². The molecule has 0 aromatic heterocycles. The Labute approximate surface area is 109 Å². The molecule has 1 atom stereocenters. The van der Waals surface area contributed by atoms with Crippen molar-refractivity contribution in [2.75, 3.05) is 19.6 Å². The first kappa shape index (κ1) is 17.0. The van der Waals surface area contributed by atoms with Crippen LogP contribution in [-0.2, 0) is 0 Å². The molecule has 0 N–H and O–H groups in total. The standard InChI is InChI=1S/C11H21IN.ClH/c1-5-9-11(12)13(7-3,8-4)10-6-2;/h2,11H,5,7-10H2,1,3-4H3;1H/q+1;/p-1. The molecule has 0 aliphatic rings. The van der Waals surface area contributed by atoms with Crippen LogP contribution in [0.15, 0.2) is 0 Å². The van der Waals surface area contributed by atoms with E-state index in [0.29, 0.717) is 4.05 Å². The molecule has 1 nitrogen and oxygen atoms in total. The highest BCUT2D eigenvalue weighted by Crippen LogP contribution is 2.23. The summed E-state index contributed by atoms with van der Waals surface area (Å²) in [6.07, 6.45) is 7.95. The molecular weight excluding hydrogens is 308 g/mol. The third kappa shape index (κ3) is 4.37. The van der Waals surface area contributed by atoms with Crippen LogP contribution in [0.2, 0.25) is 0 Å². The molecular formula is C11H21ClIN. The van der Waals surface area contributed by atoms with Crippen molar-refractivity contribution < 1.29 is 16.9 Å². The Morgan fingerprint density at radius 2 is 1.79 bits per heavy atom. The van der Waals surface area contributed by atoms with E-state index in [9.17, 15) is 0 Å². The topological polar surface area (TPSA) is 0 Å². The van der Waals surface area contributed by atoms with E-state index < -0.39 is 0 Å². The van der Waals surface area contributed by atoms with Crippen molar-refractivity contribution in [2.24, 2.45) is 0 Å². The summed E-state index contributed by atoms with van der Waals surface area (Å²) in [5.74, 6) is 2.82. The number of nitrogens with zero attached hydrogens (tertiary/aromatic N) is 1. The second kappa shape index (κ2) is 8.82. The molecule has 84 valence electrons. The Kier molecular flexibility index (Phi) is 10.7. The fraction of sp³-hybridized carbons (Fsp3) is 0.818. The maximum atomic E-state index is 5.43. The Hall–Kier alpha value is 0.540. The predicted molar refractivity (Wildman–Crippen MR) is 67.8 cm³/mol. The Morgan fingerprint density at radius 3 is 2.07 bits per heavy atom. The van der Waals surface area contributed by atoms with Gasteiger partial charge < -0.3 is 16.9 Å². The maximum absolute atomic E-state index is 5.43. The molecule has 0 amide bonds. The smallest absolute Gasteiger partial charge is 0.141 e. The fourth-order valence-electron chi connectivity index (χ4n) is 1.64. The van der Waals surface area contributed by atoms with Gasteiger partial charge in [-0.25, -0.2) is 0 Å². The van der Waals surface area contributed by atoms with Gasteiger partial charge >= 0.3 is 0 Å². The summed E-state index contributed by atoms with van der Waals surface area (Å²) in [5.41, 5.74) is 0. The van der Waals surface area contributed by atoms with Gasteiger partial charge in [0, 0.05) is 6.42 Å². The molecule has 0 bridgehead atoms. The number of quaternary nitrogens is 1. The van der Waals surface area contributed by atoms with E-state index in [-0.39, 0.29) is 12.4 Å². The van der Waals surface area contributed by atoms with Gasteiger partial charge in [0.25, 0.3) is 0 Å².